The molecular formula is C14H19F3N2O. The van der Waals surface area contributed by atoms with E-state index in [0.717, 1.165) is 18.9 Å². The molecule has 1 aliphatic heterocycles. The van der Waals surface area contributed by atoms with Crippen molar-refractivity contribution < 1.29 is 17.9 Å². The molecule has 20 heavy (non-hydrogen) atoms. The summed E-state index contributed by atoms with van der Waals surface area (Å²) in [6, 6.07) is 2.65. The van der Waals surface area contributed by atoms with E-state index < -0.39 is 11.9 Å². The smallest absolute Gasteiger partial charge is 0.381 e. The summed E-state index contributed by atoms with van der Waals surface area (Å²) < 4.78 is 42.9. The molecule has 2 unspecified atom stereocenters. The lowest BCUT2D eigenvalue weighted by Crippen LogP contribution is -2.36. The van der Waals surface area contributed by atoms with Gasteiger partial charge in [-0.05, 0) is 30.9 Å². The van der Waals surface area contributed by atoms with E-state index in [-0.39, 0.29) is 12.1 Å². The zero-order valence-corrected chi connectivity index (χ0v) is 11.6. The Morgan fingerprint density at radius 3 is 2.65 bits per heavy atom. The molecule has 1 aliphatic rings. The fraction of sp³-hybridized carbons (Fsp3) is 0.643. The van der Waals surface area contributed by atoms with Gasteiger partial charge in [0.25, 0.3) is 0 Å². The average molecular weight is 288 g/mol. The van der Waals surface area contributed by atoms with Crippen molar-refractivity contribution in [1.29, 1.82) is 0 Å². The molecular weight excluding hydrogens is 269 g/mol. The number of aromatic nitrogens is 1. The Balaban J connectivity index is 1.96. The minimum Gasteiger partial charge on any atom is -0.381 e. The van der Waals surface area contributed by atoms with Crippen LogP contribution in [-0.4, -0.2) is 23.7 Å². The van der Waals surface area contributed by atoms with Crippen molar-refractivity contribution in [3.8, 4) is 0 Å². The highest BCUT2D eigenvalue weighted by Gasteiger charge is 2.32. The molecule has 1 aromatic heterocycles. The van der Waals surface area contributed by atoms with E-state index in [2.05, 4.69) is 24.1 Å². The van der Waals surface area contributed by atoms with Crippen molar-refractivity contribution in [1.82, 2.24) is 4.98 Å². The van der Waals surface area contributed by atoms with Crippen LogP contribution >= 0.6 is 0 Å². The normalized spacial score (nSPS) is 23.9. The fourth-order valence-corrected chi connectivity index (χ4v) is 2.31. The van der Waals surface area contributed by atoms with E-state index >= 15 is 0 Å². The van der Waals surface area contributed by atoms with E-state index in [1.165, 1.54) is 12.3 Å². The van der Waals surface area contributed by atoms with Crippen molar-refractivity contribution in [2.75, 3.05) is 11.9 Å². The van der Waals surface area contributed by atoms with Crippen LogP contribution in [0.15, 0.2) is 18.3 Å². The quantitative estimate of drug-likeness (QED) is 0.920. The molecule has 2 heterocycles. The third-order valence-corrected chi connectivity index (χ3v) is 3.48. The Labute approximate surface area is 116 Å². The molecule has 0 spiro atoms. The largest absolute Gasteiger partial charge is 0.433 e. The number of nitrogens with one attached hydrogen (secondary N) is 1. The maximum atomic E-state index is 12.4. The Morgan fingerprint density at radius 2 is 2.10 bits per heavy atom. The third-order valence-electron chi connectivity index (χ3n) is 3.48. The first-order valence-electron chi connectivity index (χ1n) is 6.77. The van der Waals surface area contributed by atoms with E-state index in [4.69, 9.17) is 4.74 Å². The zero-order chi connectivity index (χ0) is 14.8. The van der Waals surface area contributed by atoms with Crippen LogP contribution in [0.4, 0.5) is 18.9 Å². The van der Waals surface area contributed by atoms with Crippen LogP contribution in [0.2, 0.25) is 0 Å². The van der Waals surface area contributed by atoms with Gasteiger partial charge in [0.05, 0.1) is 18.0 Å². The Kier molecular flexibility index (Phi) is 4.52. The monoisotopic (exact) mass is 288 g/mol. The highest BCUT2D eigenvalue weighted by molar-refractivity contribution is 5.42. The van der Waals surface area contributed by atoms with Gasteiger partial charge in [0, 0.05) is 12.6 Å². The van der Waals surface area contributed by atoms with Gasteiger partial charge in [-0.1, -0.05) is 13.8 Å². The summed E-state index contributed by atoms with van der Waals surface area (Å²) in [7, 11) is 0. The van der Waals surface area contributed by atoms with Gasteiger partial charge in [-0.3, -0.25) is 0 Å². The minimum absolute atomic E-state index is 0.198. The lowest BCUT2D eigenvalue weighted by Gasteiger charge is -2.32. The standard InChI is InChI=1S/C14H19F3N2O/c1-9(2)12-7-10(5-6-20-12)19-11-3-4-13(18-8-11)14(15,16)17/h3-4,8-10,12,19H,5-7H2,1-2H3. The van der Waals surface area contributed by atoms with Crippen LogP contribution in [0.1, 0.15) is 32.4 Å². The third kappa shape index (κ3) is 3.85. The predicted molar refractivity (Wildman–Crippen MR) is 70.5 cm³/mol. The van der Waals surface area contributed by atoms with Crippen LogP contribution in [0.25, 0.3) is 0 Å². The molecule has 0 radical (unpaired) electrons. The molecule has 1 N–H and O–H groups in total. The average Bonchev–Trinajstić information content (AvgIpc) is 2.38. The van der Waals surface area contributed by atoms with Crippen molar-refractivity contribution in [3.05, 3.63) is 24.0 Å². The summed E-state index contributed by atoms with van der Waals surface area (Å²) in [5, 5.41) is 3.23. The van der Waals surface area contributed by atoms with Crippen molar-refractivity contribution in [2.45, 2.75) is 45.0 Å². The Morgan fingerprint density at radius 1 is 1.35 bits per heavy atom. The summed E-state index contributed by atoms with van der Waals surface area (Å²) in [4.78, 5) is 3.45. The second-order valence-electron chi connectivity index (χ2n) is 5.45. The fourth-order valence-electron chi connectivity index (χ4n) is 2.31. The van der Waals surface area contributed by atoms with Crippen LogP contribution in [-0.2, 0) is 10.9 Å². The predicted octanol–water partition coefficient (Wildman–Crippen LogP) is 3.72. The lowest BCUT2D eigenvalue weighted by molar-refractivity contribution is -0.141. The zero-order valence-electron chi connectivity index (χ0n) is 11.6. The van der Waals surface area contributed by atoms with Crippen molar-refractivity contribution in [3.63, 3.8) is 0 Å². The van der Waals surface area contributed by atoms with Gasteiger partial charge >= 0.3 is 6.18 Å². The molecule has 0 aliphatic carbocycles. The molecule has 2 atom stereocenters. The summed E-state index contributed by atoms with van der Waals surface area (Å²) in [6.07, 6.45) is -1.24. The van der Waals surface area contributed by atoms with Crippen LogP contribution in [0, 0.1) is 5.92 Å². The number of pyridine rings is 1. The second-order valence-corrected chi connectivity index (χ2v) is 5.45. The number of alkyl halides is 3. The highest BCUT2D eigenvalue weighted by Crippen LogP contribution is 2.28. The number of halogens is 3. The first kappa shape index (κ1) is 15.1. The van der Waals surface area contributed by atoms with Crippen LogP contribution in [0.5, 0.6) is 0 Å². The summed E-state index contributed by atoms with van der Waals surface area (Å²) >= 11 is 0. The number of anilines is 1. The molecule has 3 nitrogen and oxygen atoms in total. The number of hydrogen-bond donors (Lipinski definition) is 1. The van der Waals surface area contributed by atoms with Gasteiger partial charge in [-0.2, -0.15) is 13.2 Å². The van der Waals surface area contributed by atoms with E-state index in [1.54, 1.807) is 0 Å². The van der Waals surface area contributed by atoms with Crippen LogP contribution < -0.4 is 5.32 Å². The van der Waals surface area contributed by atoms with Gasteiger partial charge in [0.2, 0.25) is 0 Å². The number of rotatable bonds is 3. The molecule has 112 valence electrons. The highest BCUT2D eigenvalue weighted by atomic mass is 19.4. The first-order valence-corrected chi connectivity index (χ1v) is 6.77. The van der Waals surface area contributed by atoms with Gasteiger partial charge in [0.15, 0.2) is 0 Å². The molecule has 1 aromatic rings. The molecule has 1 fully saturated rings. The first-order chi connectivity index (χ1) is 9.36. The molecule has 0 saturated carbocycles. The molecule has 0 amide bonds. The topological polar surface area (TPSA) is 34.2 Å². The Hall–Kier alpha value is -1.30. The maximum absolute atomic E-state index is 12.4. The van der Waals surface area contributed by atoms with Gasteiger partial charge in [-0.25, -0.2) is 4.98 Å². The molecule has 0 bridgehead atoms. The Bertz CT molecular complexity index is 431. The number of ether oxygens (including phenoxy) is 1. The number of hydrogen-bond acceptors (Lipinski definition) is 3. The molecule has 2 rings (SSSR count). The lowest BCUT2D eigenvalue weighted by atomic mass is 9.95. The second kappa shape index (κ2) is 5.99. The summed E-state index contributed by atoms with van der Waals surface area (Å²) in [5.74, 6) is 0.435. The van der Waals surface area contributed by atoms with E-state index in [0.29, 0.717) is 18.2 Å². The van der Waals surface area contributed by atoms with Gasteiger partial charge < -0.3 is 10.1 Å². The molecule has 6 heteroatoms. The maximum Gasteiger partial charge on any atom is 0.433 e. The van der Waals surface area contributed by atoms with Gasteiger partial charge in [0.1, 0.15) is 5.69 Å². The van der Waals surface area contributed by atoms with E-state index in [1.807, 2.05) is 0 Å². The molecule has 0 aromatic carbocycles. The van der Waals surface area contributed by atoms with Crippen molar-refractivity contribution in [2.24, 2.45) is 5.92 Å². The van der Waals surface area contributed by atoms with Crippen LogP contribution in [0.3, 0.4) is 0 Å². The SMILES string of the molecule is CC(C)C1CC(Nc2ccc(C(F)(F)F)nc2)CCO1. The molecule has 1 saturated heterocycles. The van der Waals surface area contributed by atoms with Gasteiger partial charge in [-0.15, -0.1) is 0 Å². The van der Waals surface area contributed by atoms with Crippen molar-refractivity contribution >= 4 is 5.69 Å². The van der Waals surface area contributed by atoms with E-state index in [9.17, 15) is 13.2 Å². The number of nitrogens with zero attached hydrogens (tertiary/aromatic N) is 1. The minimum atomic E-state index is -4.39. The summed E-state index contributed by atoms with van der Waals surface area (Å²) in [5.41, 5.74) is -0.248. The summed E-state index contributed by atoms with van der Waals surface area (Å²) in [6.45, 7) is 4.88.